The molecular formula is C20H23NO3. The van der Waals surface area contributed by atoms with Crippen molar-refractivity contribution < 1.29 is 15.0 Å². The molecule has 1 aliphatic heterocycles. The van der Waals surface area contributed by atoms with Gasteiger partial charge in [0.15, 0.2) is 0 Å². The predicted octanol–water partition coefficient (Wildman–Crippen LogP) is 3.18. The molecule has 0 bridgehead atoms. The average Bonchev–Trinajstić information content (AvgIpc) is 2.62. The van der Waals surface area contributed by atoms with Crippen molar-refractivity contribution in [3.8, 4) is 0 Å². The monoisotopic (exact) mass is 325 g/mol. The fraction of sp³-hybridized carbons (Fsp3) is 0.350. The number of hydrogen-bond donors (Lipinski definition) is 2. The minimum Gasteiger partial charge on any atom is -0.478 e. The molecular weight excluding hydrogens is 302 g/mol. The largest absolute Gasteiger partial charge is 0.478 e. The molecule has 0 unspecified atom stereocenters. The molecule has 1 fully saturated rings. The van der Waals surface area contributed by atoms with Gasteiger partial charge in [-0.25, -0.2) is 4.79 Å². The normalized spacial score (nSPS) is 15.5. The van der Waals surface area contributed by atoms with Crippen LogP contribution in [0.15, 0.2) is 48.5 Å². The summed E-state index contributed by atoms with van der Waals surface area (Å²) in [5, 5.41) is 18.9. The molecule has 1 aliphatic rings. The molecule has 2 N–H and O–H groups in total. The van der Waals surface area contributed by atoms with Crippen LogP contribution in [0.4, 0.5) is 5.69 Å². The van der Waals surface area contributed by atoms with E-state index in [1.807, 2.05) is 30.3 Å². The van der Waals surface area contributed by atoms with Crippen LogP contribution in [0.2, 0.25) is 0 Å². The Morgan fingerprint density at radius 3 is 2.38 bits per heavy atom. The second kappa shape index (κ2) is 7.49. The van der Waals surface area contributed by atoms with Crippen LogP contribution in [0.5, 0.6) is 0 Å². The maximum absolute atomic E-state index is 11.7. The lowest BCUT2D eigenvalue weighted by molar-refractivity contribution is 0.0697. The number of anilines is 1. The Morgan fingerprint density at radius 1 is 1.04 bits per heavy atom. The maximum atomic E-state index is 11.7. The predicted molar refractivity (Wildman–Crippen MR) is 94.7 cm³/mol. The Morgan fingerprint density at radius 2 is 1.75 bits per heavy atom. The van der Waals surface area contributed by atoms with Gasteiger partial charge in [-0.3, -0.25) is 0 Å². The van der Waals surface area contributed by atoms with Crippen molar-refractivity contribution in [3.05, 3.63) is 65.2 Å². The summed E-state index contributed by atoms with van der Waals surface area (Å²) in [5.74, 6) is -0.556. The second-order valence-corrected chi connectivity index (χ2v) is 6.39. The van der Waals surface area contributed by atoms with Gasteiger partial charge in [0.25, 0.3) is 0 Å². The highest BCUT2D eigenvalue weighted by atomic mass is 16.4. The number of aromatic carboxylic acids is 1. The second-order valence-electron chi connectivity index (χ2n) is 6.39. The Bertz CT molecular complexity index is 691. The van der Waals surface area contributed by atoms with E-state index in [-0.39, 0.29) is 6.61 Å². The highest BCUT2D eigenvalue weighted by Gasteiger charge is 2.24. The SMILES string of the molecule is O=C(O)c1cccc(Cc2ccccc2)c1N1CCC(CO)CC1. The van der Waals surface area contributed by atoms with Gasteiger partial charge >= 0.3 is 5.97 Å². The Hall–Kier alpha value is -2.33. The van der Waals surface area contributed by atoms with Crippen LogP contribution in [0.1, 0.15) is 34.3 Å². The molecule has 0 amide bonds. The van der Waals surface area contributed by atoms with E-state index in [1.54, 1.807) is 6.07 Å². The van der Waals surface area contributed by atoms with Crippen molar-refractivity contribution in [2.75, 3.05) is 24.6 Å². The summed E-state index contributed by atoms with van der Waals surface area (Å²) in [5.41, 5.74) is 3.42. The molecule has 1 heterocycles. The molecule has 0 saturated carbocycles. The number of nitrogens with zero attached hydrogens (tertiary/aromatic N) is 1. The van der Waals surface area contributed by atoms with Crippen molar-refractivity contribution in [3.63, 3.8) is 0 Å². The molecule has 2 aromatic rings. The van der Waals surface area contributed by atoms with Crippen molar-refractivity contribution in [2.24, 2.45) is 5.92 Å². The summed E-state index contributed by atoms with van der Waals surface area (Å²) in [6.07, 6.45) is 2.52. The van der Waals surface area contributed by atoms with Gasteiger partial charge in [-0.2, -0.15) is 0 Å². The number of rotatable bonds is 5. The number of aliphatic hydroxyl groups is 1. The standard InChI is InChI=1S/C20H23NO3/c22-14-16-9-11-21(12-10-16)19-17(7-4-8-18(19)20(23)24)13-15-5-2-1-3-6-15/h1-8,16,22H,9-14H2,(H,23,24). The molecule has 1 saturated heterocycles. The first-order valence-corrected chi connectivity index (χ1v) is 8.44. The van der Waals surface area contributed by atoms with Crippen molar-refractivity contribution in [1.82, 2.24) is 0 Å². The van der Waals surface area contributed by atoms with Gasteiger partial charge < -0.3 is 15.1 Å². The topological polar surface area (TPSA) is 60.8 Å². The van der Waals surface area contributed by atoms with Crippen LogP contribution >= 0.6 is 0 Å². The van der Waals surface area contributed by atoms with E-state index in [2.05, 4.69) is 17.0 Å². The van der Waals surface area contributed by atoms with Crippen molar-refractivity contribution in [1.29, 1.82) is 0 Å². The molecule has 0 atom stereocenters. The molecule has 0 aliphatic carbocycles. The molecule has 4 heteroatoms. The highest BCUT2D eigenvalue weighted by Crippen LogP contribution is 2.31. The third kappa shape index (κ3) is 3.60. The zero-order valence-electron chi connectivity index (χ0n) is 13.7. The van der Waals surface area contributed by atoms with Gasteiger partial charge in [-0.1, -0.05) is 42.5 Å². The molecule has 4 nitrogen and oxygen atoms in total. The van der Waals surface area contributed by atoms with Crippen LogP contribution in [-0.2, 0) is 6.42 Å². The first-order valence-electron chi connectivity index (χ1n) is 8.44. The van der Waals surface area contributed by atoms with Crippen LogP contribution in [-0.4, -0.2) is 35.9 Å². The fourth-order valence-corrected chi connectivity index (χ4v) is 3.43. The van der Waals surface area contributed by atoms with E-state index < -0.39 is 5.97 Å². The lowest BCUT2D eigenvalue weighted by Gasteiger charge is -2.35. The maximum Gasteiger partial charge on any atom is 0.337 e. The van der Waals surface area contributed by atoms with Gasteiger partial charge in [0.05, 0.1) is 11.3 Å². The van der Waals surface area contributed by atoms with Crippen LogP contribution in [0.3, 0.4) is 0 Å². The van der Waals surface area contributed by atoms with Crippen LogP contribution in [0, 0.1) is 5.92 Å². The number of para-hydroxylation sites is 1. The lowest BCUT2D eigenvalue weighted by atomic mass is 9.94. The quantitative estimate of drug-likeness (QED) is 0.886. The van der Waals surface area contributed by atoms with E-state index >= 15 is 0 Å². The number of carboxylic acids is 1. The molecule has 126 valence electrons. The molecule has 0 spiro atoms. The smallest absolute Gasteiger partial charge is 0.337 e. The highest BCUT2D eigenvalue weighted by molar-refractivity contribution is 5.95. The number of carbonyl (C=O) groups is 1. The molecule has 24 heavy (non-hydrogen) atoms. The third-order valence-corrected chi connectivity index (χ3v) is 4.78. The number of hydrogen-bond acceptors (Lipinski definition) is 3. The average molecular weight is 325 g/mol. The summed E-state index contributed by atoms with van der Waals surface area (Å²) >= 11 is 0. The van der Waals surface area contributed by atoms with Gasteiger partial charge in [-0.05, 0) is 42.4 Å². The summed E-state index contributed by atoms with van der Waals surface area (Å²) in [6.45, 7) is 1.79. The Balaban J connectivity index is 1.94. The summed E-state index contributed by atoms with van der Waals surface area (Å²) in [6, 6.07) is 15.6. The van der Waals surface area contributed by atoms with Crippen LogP contribution < -0.4 is 4.90 Å². The minimum atomic E-state index is -0.885. The van der Waals surface area contributed by atoms with Gasteiger partial charge in [0, 0.05) is 19.7 Å². The van der Waals surface area contributed by atoms with E-state index in [4.69, 9.17) is 0 Å². The summed E-state index contributed by atoms with van der Waals surface area (Å²) < 4.78 is 0. The van der Waals surface area contributed by atoms with Crippen LogP contribution in [0.25, 0.3) is 0 Å². The van der Waals surface area contributed by atoms with Gasteiger partial charge in [-0.15, -0.1) is 0 Å². The Kier molecular flexibility index (Phi) is 5.16. The molecule has 0 aromatic heterocycles. The minimum absolute atomic E-state index is 0.214. The summed E-state index contributed by atoms with van der Waals surface area (Å²) in [7, 11) is 0. The van der Waals surface area contributed by atoms with E-state index in [0.717, 1.165) is 43.6 Å². The van der Waals surface area contributed by atoms with E-state index in [1.165, 1.54) is 5.56 Å². The number of benzene rings is 2. The van der Waals surface area contributed by atoms with E-state index in [9.17, 15) is 15.0 Å². The van der Waals surface area contributed by atoms with E-state index in [0.29, 0.717) is 11.5 Å². The third-order valence-electron chi connectivity index (χ3n) is 4.78. The van der Waals surface area contributed by atoms with Crippen molar-refractivity contribution in [2.45, 2.75) is 19.3 Å². The molecule has 3 rings (SSSR count). The number of piperidine rings is 1. The zero-order valence-corrected chi connectivity index (χ0v) is 13.7. The molecule has 0 radical (unpaired) electrons. The zero-order chi connectivity index (χ0) is 16.9. The molecule has 2 aromatic carbocycles. The first-order chi connectivity index (χ1) is 11.7. The fourth-order valence-electron chi connectivity index (χ4n) is 3.43. The summed E-state index contributed by atoms with van der Waals surface area (Å²) in [4.78, 5) is 13.9. The lowest BCUT2D eigenvalue weighted by Crippen LogP contribution is -2.36. The Labute approximate surface area is 142 Å². The number of carboxylic acid groups (broad SMARTS) is 1. The van der Waals surface area contributed by atoms with Crippen molar-refractivity contribution >= 4 is 11.7 Å². The van der Waals surface area contributed by atoms with Gasteiger partial charge in [0.2, 0.25) is 0 Å². The first kappa shape index (κ1) is 16.5. The van der Waals surface area contributed by atoms with Gasteiger partial charge in [0.1, 0.15) is 0 Å². The number of aliphatic hydroxyl groups excluding tert-OH is 1.